The molecule has 3 atom stereocenters. The zero-order chi connectivity index (χ0) is 21.3. The summed E-state index contributed by atoms with van der Waals surface area (Å²) in [6.07, 6.45) is 0.979. The zero-order valence-electron chi connectivity index (χ0n) is 18.1. The Morgan fingerprint density at radius 2 is 1.93 bits per heavy atom. The fourth-order valence-electron chi connectivity index (χ4n) is 4.44. The highest BCUT2D eigenvalue weighted by atomic mass is 16.6. The molecule has 0 spiro atoms. The summed E-state index contributed by atoms with van der Waals surface area (Å²) in [7, 11) is 0. The smallest absolute Gasteiger partial charge is 0.408 e. The molecule has 7 nitrogen and oxygen atoms in total. The van der Waals surface area contributed by atoms with Crippen molar-refractivity contribution in [3.63, 3.8) is 0 Å². The molecule has 160 valence electrons. The van der Waals surface area contributed by atoms with Crippen molar-refractivity contribution in [3.8, 4) is 0 Å². The lowest BCUT2D eigenvalue weighted by molar-refractivity contribution is -0.136. The molecule has 1 unspecified atom stereocenters. The van der Waals surface area contributed by atoms with Crippen LogP contribution < -0.4 is 10.9 Å². The van der Waals surface area contributed by atoms with Gasteiger partial charge >= 0.3 is 6.09 Å². The molecule has 29 heavy (non-hydrogen) atoms. The topological polar surface area (TPSA) is 80.6 Å². The zero-order valence-corrected chi connectivity index (χ0v) is 18.1. The Hall–Kier alpha value is -2.31. The summed E-state index contributed by atoms with van der Waals surface area (Å²) < 4.78 is 7.22. The Kier molecular flexibility index (Phi) is 6.05. The van der Waals surface area contributed by atoms with Crippen molar-refractivity contribution in [2.75, 3.05) is 13.1 Å². The summed E-state index contributed by atoms with van der Waals surface area (Å²) in [6, 6.07) is 4.76. The molecule has 1 N–H and O–H groups in total. The van der Waals surface area contributed by atoms with Crippen LogP contribution in [-0.4, -0.2) is 46.2 Å². The van der Waals surface area contributed by atoms with Crippen LogP contribution in [0.3, 0.4) is 0 Å². The van der Waals surface area contributed by atoms with Gasteiger partial charge in [-0.3, -0.25) is 9.59 Å². The molecule has 2 aliphatic rings. The van der Waals surface area contributed by atoms with Gasteiger partial charge in [-0.25, -0.2) is 4.79 Å². The van der Waals surface area contributed by atoms with E-state index in [0.29, 0.717) is 26.1 Å². The number of nitrogens with zero attached hydrogens (tertiary/aromatic N) is 2. The lowest BCUT2D eigenvalue weighted by Gasteiger charge is -2.43. The molecule has 0 aliphatic carbocycles. The van der Waals surface area contributed by atoms with E-state index in [0.717, 1.165) is 12.1 Å². The van der Waals surface area contributed by atoms with E-state index in [-0.39, 0.29) is 29.2 Å². The quantitative estimate of drug-likeness (QED) is 0.838. The van der Waals surface area contributed by atoms with Gasteiger partial charge < -0.3 is 19.5 Å². The fourth-order valence-corrected chi connectivity index (χ4v) is 4.44. The molecule has 1 aromatic heterocycles. The van der Waals surface area contributed by atoms with E-state index in [2.05, 4.69) is 5.32 Å². The number of aromatic nitrogens is 1. The van der Waals surface area contributed by atoms with Crippen molar-refractivity contribution in [2.24, 2.45) is 11.8 Å². The summed E-state index contributed by atoms with van der Waals surface area (Å²) in [5, 5.41) is 2.79. The van der Waals surface area contributed by atoms with Gasteiger partial charge in [-0.05, 0) is 51.5 Å². The van der Waals surface area contributed by atoms with E-state index in [9.17, 15) is 14.4 Å². The van der Waals surface area contributed by atoms with Crippen LogP contribution in [0.2, 0.25) is 0 Å². The summed E-state index contributed by atoms with van der Waals surface area (Å²) in [5.41, 5.74) is 0.419. The number of carbonyl (C=O) groups is 2. The van der Waals surface area contributed by atoms with Crippen molar-refractivity contribution in [2.45, 2.75) is 71.6 Å². The molecule has 3 heterocycles. The minimum atomic E-state index is -0.616. The number of ether oxygens (including phenoxy) is 1. The summed E-state index contributed by atoms with van der Waals surface area (Å²) >= 11 is 0. The number of piperidine rings is 1. The molecule has 1 saturated heterocycles. The monoisotopic (exact) mass is 403 g/mol. The Morgan fingerprint density at radius 1 is 1.21 bits per heavy atom. The van der Waals surface area contributed by atoms with Gasteiger partial charge in [0, 0.05) is 37.3 Å². The summed E-state index contributed by atoms with van der Waals surface area (Å²) in [6.45, 7) is 11.3. The lowest BCUT2D eigenvalue weighted by atomic mass is 9.82. The maximum atomic E-state index is 13.3. The maximum absolute atomic E-state index is 13.3. The second-order valence-corrected chi connectivity index (χ2v) is 9.77. The summed E-state index contributed by atoms with van der Waals surface area (Å²) in [5.74, 6) is 0.599. The largest absolute Gasteiger partial charge is 0.444 e. The van der Waals surface area contributed by atoms with Gasteiger partial charge in [0.2, 0.25) is 5.91 Å². The third kappa shape index (κ3) is 5.19. The average molecular weight is 404 g/mol. The molecular formula is C22H33N3O4. The maximum Gasteiger partial charge on any atom is 0.408 e. The molecule has 0 aromatic carbocycles. The second-order valence-electron chi connectivity index (χ2n) is 9.77. The number of pyridine rings is 1. The van der Waals surface area contributed by atoms with Crippen LogP contribution >= 0.6 is 0 Å². The molecule has 2 bridgehead atoms. The van der Waals surface area contributed by atoms with Crippen molar-refractivity contribution >= 4 is 12.0 Å². The molecule has 2 amide bonds. The number of nitrogens with one attached hydrogen (secondary N) is 1. The van der Waals surface area contributed by atoms with Crippen LogP contribution in [0, 0.1) is 11.8 Å². The highest BCUT2D eigenvalue weighted by Crippen LogP contribution is 2.35. The standard InChI is InChI=1S/C22H33N3O4/c1-14(2)9-17(23-21(28)29-22(3,4)5)20(27)24-11-15-10-16(13-24)18-7-6-8-19(26)25(18)12-15/h6-8,14-17H,9-13H2,1-5H3,(H,23,28)/t15-,16+,17?/m0/s1. The van der Waals surface area contributed by atoms with Crippen LogP contribution in [0.5, 0.6) is 0 Å². The predicted molar refractivity (Wildman–Crippen MR) is 111 cm³/mol. The lowest BCUT2D eigenvalue weighted by Crippen LogP contribution is -2.55. The third-order valence-corrected chi connectivity index (χ3v) is 5.49. The van der Waals surface area contributed by atoms with E-state index >= 15 is 0 Å². The molecule has 0 saturated carbocycles. The number of rotatable bonds is 4. The first-order valence-electron chi connectivity index (χ1n) is 10.5. The molecule has 7 heteroatoms. The van der Waals surface area contributed by atoms with Gasteiger partial charge in [-0.2, -0.15) is 0 Å². The van der Waals surface area contributed by atoms with Crippen molar-refractivity contribution in [1.29, 1.82) is 0 Å². The van der Waals surface area contributed by atoms with Gasteiger partial charge in [0.05, 0.1) is 0 Å². The van der Waals surface area contributed by atoms with E-state index < -0.39 is 17.7 Å². The Morgan fingerprint density at radius 3 is 2.59 bits per heavy atom. The Labute approximate surface area is 172 Å². The molecule has 3 rings (SSSR count). The molecule has 1 aromatic rings. The van der Waals surface area contributed by atoms with Gasteiger partial charge in [-0.15, -0.1) is 0 Å². The normalized spacial score (nSPS) is 22.1. The minimum absolute atomic E-state index is 0.0289. The number of alkyl carbamates (subject to hydrolysis) is 1. The molecule has 2 aliphatic heterocycles. The molecule has 1 fully saturated rings. The third-order valence-electron chi connectivity index (χ3n) is 5.49. The van der Waals surface area contributed by atoms with E-state index in [1.165, 1.54) is 0 Å². The number of hydrogen-bond donors (Lipinski definition) is 1. The highest BCUT2D eigenvalue weighted by Gasteiger charge is 2.38. The first-order valence-corrected chi connectivity index (χ1v) is 10.5. The van der Waals surface area contributed by atoms with Gasteiger partial charge in [-0.1, -0.05) is 19.9 Å². The van der Waals surface area contributed by atoms with E-state index in [1.54, 1.807) is 32.9 Å². The number of likely N-dealkylation sites (tertiary alicyclic amines) is 1. The fraction of sp³-hybridized carbons (Fsp3) is 0.682. The minimum Gasteiger partial charge on any atom is -0.444 e. The van der Waals surface area contributed by atoms with Crippen molar-refractivity contribution < 1.29 is 14.3 Å². The predicted octanol–water partition coefficient (Wildman–Crippen LogP) is 2.73. The first-order chi connectivity index (χ1) is 13.5. The van der Waals surface area contributed by atoms with Crippen LogP contribution in [-0.2, 0) is 16.1 Å². The number of hydrogen-bond acceptors (Lipinski definition) is 4. The van der Waals surface area contributed by atoms with E-state index in [4.69, 9.17) is 4.74 Å². The van der Waals surface area contributed by atoms with E-state index in [1.807, 2.05) is 29.4 Å². The number of fused-ring (bicyclic) bond motifs is 4. The molecule has 0 radical (unpaired) electrons. The Bertz CT molecular complexity index is 824. The van der Waals surface area contributed by atoms with Crippen molar-refractivity contribution in [1.82, 2.24) is 14.8 Å². The van der Waals surface area contributed by atoms with Gasteiger partial charge in [0.15, 0.2) is 0 Å². The Balaban J connectivity index is 1.75. The number of carbonyl (C=O) groups excluding carboxylic acids is 2. The van der Waals surface area contributed by atoms with Crippen molar-refractivity contribution in [3.05, 3.63) is 34.2 Å². The van der Waals surface area contributed by atoms with Gasteiger partial charge in [0.1, 0.15) is 11.6 Å². The summed E-state index contributed by atoms with van der Waals surface area (Å²) in [4.78, 5) is 39.7. The van der Waals surface area contributed by atoms with Crippen LogP contribution in [0.25, 0.3) is 0 Å². The van der Waals surface area contributed by atoms with Crippen LogP contribution in [0.1, 0.15) is 59.1 Å². The SMILES string of the molecule is CC(C)CC(NC(=O)OC(C)(C)C)C(=O)N1C[C@@H]2C[C@H](C1)c1cccc(=O)n1C2. The first kappa shape index (κ1) is 21.4. The second kappa shape index (κ2) is 8.20. The molecular weight excluding hydrogens is 370 g/mol. The highest BCUT2D eigenvalue weighted by molar-refractivity contribution is 5.86. The van der Waals surface area contributed by atoms with Crippen LogP contribution in [0.15, 0.2) is 23.0 Å². The average Bonchev–Trinajstić information content (AvgIpc) is 2.59. The van der Waals surface area contributed by atoms with Gasteiger partial charge in [0.25, 0.3) is 5.56 Å². The number of amides is 2. The van der Waals surface area contributed by atoms with Crippen LogP contribution in [0.4, 0.5) is 4.79 Å².